The molecular formula is C27H34O8. The van der Waals surface area contributed by atoms with Gasteiger partial charge in [-0.3, -0.25) is 9.59 Å². The molecule has 5 fully saturated rings. The van der Waals surface area contributed by atoms with Gasteiger partial charge in [0.25, 0.3) is 0 Å². The molecule has 6 rings (SSSR count). The topological polar surface area (TPSA) is 108 Å². The van der Waals surface area contributed by atoms with Gasteiger partial charge in [-0.05, 0) is 58.6 Å². The smallest absolute Gasteiger partial charge is 0.339 e. The fraction of sp³-hybridized carbons (Fsp3) is 0.741. The molecule has 8 heteroatoms. The molecule has 0 bridgehead atoms. The third-order valence-corrected chi connectivity index (χ3v) is 10.1. The molecule has 0 spiro atoms. The van der Waals surface area contributed by atoms with E-state index in [1.54, 1.807) is 19.1 Å². The molecule has 35 heavy (non-hydrogen) atoms. The summed E-state index contributed by atoms with van der Waals surface area (Å²) in [6, 6.07) is 0. The Morgan fingerprint density at radius 1 is 1.06 bits per heavy atom. The van der Waals surface area contributed by atoms with Crippen LogP contribution in [0.4, 0.5) is 0 Å². The highest BCUT2D eigenvalue weighted by Crippen LogP contribution is 2.69. The molecule has 0 aromatic rings. The van der Waals surface area contributed by atoms with Crippen molar-refractivity contribution in [2.24, 2.45) is 35.0 Å². The van der Waals surface area contributed by atoms with Gasteiger partial charge < -0.3 is 24.1 Å². The molecular weight excluding hydrogens is 452 g/mol. The number of hydrogen-bond acceptors (Lipinski definition) is 8. The largest absolute Gasteiger partial charge is 0.459 e. The van der Waals surface area contributed by atoms with Crippen molar-refractivity contribution in [2.75, 3.05) is 0 Å². The van der Waals surface area contributed by atoms with Crippen molar-refractivity contribution in [1.82, 2.24) is 0 Å². The second-order valence-corrected chi connectivity index (χ2v) is 12.4. The Hall–Kier alpha value is -2.19. The van der Waals surface area contributed by atoms with Crippen LogP contribution in [0.1, 0.15) is 66.7 Å². The van der Waals surface area contributed by atoms with Crippen molar-refractivity contribution in [3.8, 4) is 0 Å². The summed E-state index contributed by atoms with van der Waals surface area (Å²) in [5, 5.41) is 12.0. The van der Waals surface area contributed by atoms with Crippen LogP contribution in [0.15, 0.2) is 23.5 Å². The number of carbonyl (C=O) groups excluding carboxylic acids is 3. The standard InChI is InChI=1S/C27H34O8/c1-13-8-15(32-22(13)29)9-14(2)27-25(5,12-20(28)33-27)19-11-26(31)10-16-17(24(3,4)35-23(16)30)6-7-18(26)21(19)34-27/h8-9,14,16-19,21,31H,6-7,10-12H2,1-5H3/b15-9-/t14-,16-,17+,18+,19-,21+,25+,26+,27-/m0/s1. The number of hydrogen-bond donors (Lipinski definition) is 1. The lowest BCUT2D eigenvalue weighted by Gasteiger charge is -2.41. The summed E-state index contributed by atoms with van der Waals surface area (Å²) in [5.41, 5.74) is -1.75. The van der Waals surface area contributed by atoms with E-state index in [1.807, 2.05) is 27.7 Å². The first-order chi connectivity index (χ1) is 16.3. The monoisotopic (exact) mass is 486 g/mol. The fourth-order valence-electron chi connectivity index (χ4n) is 8.37. The molecule has 2 aliphatic carbocycles. The van der Waals surface area contributed by atoms with Gasteiger partial charge in [0.05, 0.1) is 24.0 Å². The lowest BCUT2D eigenvalue weighted by Crippen LogP contribution is -2.50. The Kier molecular flexibility index (Phi) is 4.63. The fourth-order valence-corrected chi connectivity index (χ4v) is 8.37. The van der Waals surface area contributed by atoms with Gasteiger partial charge in [0.15, 0.2) is 0 Å². The Labute approximate surface area is 205 Å². The first-order valence-corrected chi connectivity index (χ1v) is 12.8. The van der Waals surface area contributed by atoms with Gasteiger partial charge in [-0.15, -0.1) is 0 Å². The zero-order valence-electron chi connectivity index (χ0n) is 21.0. The number of fused-ring (bicyclic) bond motifs is 6. The van der Waals surface area contributed by atoms with E-state index in [-0.39, 0.29) is 60.0 Å². The average Bonchev–Trinajstić information content (AvgIpc) is 3.38. The van der Waals surface area contributed by atoms with Gasteiger partial charge >= 0.3 is 17.9 Å². The van der Waals surface area contributed by atoms with Crippen LogP contribution >= 0.6 is 0 Å². The van der Waals surface area contributed by atoms with Crippen LogP contribution in [0.2, 0.25) is 0 Å². The SMILES string of the molecule is CC1=C/C(=C/[C@H](C)[C@@]23OC(=O)C[C@]2(C)[C@H]2C[C@]4(O)C[C@@H]5C(=O)OC(C)(C)[C@@H]5CC[C@@H]4[C@H]2O3)OC1=O. The highest BCUT2D eigenvalue weighted by molar-refractivity contribution is 5.92. The number of ether oxygens (including phenoxy) is 4. The third kappa shape index (κ3) is 2.95. The molecule has 2 saturated carbocycles. The normalized spacial score (nSPS) is 49.4. The summed E-state index contributed by atoms with van der Waals surface area (Å²) >= 11 is 0. The molecule has 0 radical (unpaired) electrons. The number of esters is 3. The van der Waals surface area contributed by atoms with Gasteiger partial charge in [0.1, 0.15) is 11.4 Å². The molecule has 4 heterocycles. The molecule has 1 N–H and O–H groups in total. The molecule has 190 valence electrons. The van der Waals surface area contributed by atoms with Crippen LogP contribution in [0.5, 0.6) is 0 Å². The Morgan fingerprint density at radius 2 is 1.77 bits per heavy atom. The summed E-state index contributed by atoms with van der Waals surface area (Å²) in [4.78, 5) is 37.2. The second-order valence-electron chi connectivity index (χ2n) is 12.4. The van der Waals surface area contributed by atoms with Crippen LogP contribution in [0.3, 0.4) is 0 Å². The minimum Gasteiger partial charge on any atom is -0.459 e. The Balaban J connectivity index is 1.34. The highest BCUT2D eigenvalue weighted by atomic mass is 16.7. The predicted octanol–water partition coefficient (Wildman–Crippen LogP) is 3.18. The van der Waals surface area contributed by atoms with Crippen molar-refractivity contribution < 1.29 is 38.4 Å². The zero-order chi connectivity index (χ0) is 25.1. The number of rotatable bonds is 2. The van der Waals surface area contributed by atoms with Crippen molar-refractivity contribution in [2.45, 2.75) is 89.8 Å². The van der Waals surface area contributed by atoms with Crippen LogP contribution in [0, 0.1) is 35.0 Å². The van der Waals surface area contributed by atoms with Crippen LogP contribution < -0.4 is 0 Å². The van der Waals surface area contributed by atoms with Crippen LogP contribution in [-0.4, -0.2) is 46.1 Å². The summed E-state index contributed by atoms with van der Waals surface area (Å²) < 4.78 is 23.8. The molecule has 0 aromatic heterocycles. The van der Waals surface area contributed by atoms with Crippen LogP contribution in [0.25, 0.3) is 0 Å². The Bertz CT molecular complexity index is 1090. The molecule has 0 unspecified atom stereocenters. The molecule has 3 saturated heterocycles. The van der Waals surface area contributed by atoms with E-state index in [0.717, 1.165) is 6.42 Å². The summed E-state index contributed by atoms with van der Waals surface area (Å²) in [5.74, 6) is -2.61. The van der Waals surface area contributed by atoms with E-state index in [9.17, 15) is 19.5 Å². The van der Waals surface area contributed by atoms with Crippen LogP contribution in [-0.2, 0) is 33.3 Å². The maximum Gasteiger partial charge on any atom is 0.339 e. The average molecular weight is 487 g/mol. The molecule has 0 aromatic carbocycles. The second kappa shape index (κ2) is 6.97. The van der Waals surface area contributed by atoms with Gasteiger partial charge in [-0.2, -0.15) is 0 Å². The number of cyclic esters (lactones) is 2. The third-order valence-electron chi connectivity index (χ3n) is 10.1. The minimum atomic E-state index is -1.20. The van der Waals surface area contributed by atoms with E-state index in [4.69, 9.17) is 18.9 Å². The van der Waals surface area contributed by atoms with Crippen molar-refractivity contribution in [1.29, 1.82) is 0 Å². The van der Waals surface area contributed by atoms with Gasteiger partial charge in [-0.25, -0.2) is 4.79 Å². The maximum atomic E-state index is 12.7. The van der Waals surface area contributed by atoms with E-state index in [2.05, 4.69) is 0 Å². The van der Waals surface area contributed by atoms with Gasteiger partial charge in [-0.1, -0.05) is 13.8 Å². The zero-order valence-corrected chi connectivity index (χ0v) is 21.0. The van der Waals surface area contributed by atoms with E-state index >= 15 is 0 Å². The predicted molar refractivity (Wildman–Crippen MR) is 121 cm³/mol. The molecule has 4 aliphatic heterocycles. The number of allylic oxidation sites excluding steroid dienone is 1. The summed E-state index contributed by atoms with van der Waals surface area (Å²) in [6.45, 7) is 9.54. The summed E-state index contributed by atoms with van der Waals surface area (Å²) in [7, 11) is 0. The molecule has 8 nitrogen and oxygen atoms in total. The van der Waals surface area contributed by atoms with E-state index in [0.29, 0.717) is 30.6 Å². The molecule has 0 amide bonds. The number of aliphatic hydroxyl groups is 1. The molecule has 9 atom stereocenters. The highest BCUT2D eigenvalue weighted by Gasteiger charge is 2.77. The van der Waals surface area contributed by atoms with Crippen molar-refractivity contribution in [3.63, 3.8) is 0 Å². The lowest BCUT2D eigenvalue weighted by atomic mass is 9.66. The molecule has 6 aliphatic rings. The maximum absolute atomic E-state index is 12.7. The van der Waals surface area contributed by atoms with E-state index in [1.165, 1.54) is 0 Å². The van der Waals surface area contributed by atoms with Crippen molar-refractivity contribution >= 4 is 17.9 Å². The minimum absolute atomic E-state index is 0.0575. The van der Waals surface area contributed by atoms with Crippen molar-refractivity contribution in [3.05, 3.63) is 23.5 Å². The van der Waals surface area contributed by atoms with E-state index < -0.39 is 22.4 Å². The quantitative estimate of drug-likeness (QED) is 0.468. The van der Waals surface area contributed by atoms with Gasteiger partial charge in [0, 0.05) is 34.7 Å². The first kappa shape index (κ1) is 23.2. The van der Waals surface area contributed by atoms with Gasteiger partial charge in [0.2, 0.25) is 5.79 Å². The Morgan fingerprint density at radius 3 is 2.46 bits per heavy atom. The first-order valence-electron chi connectivity index (χ1n) is 12.8. The number of carbonyl (C=O) groups is 3. The summed E-state index contributed by atoms with van der Waals surface area (Å²) in [6.07, 6.45) is 5.68. The lowest BCUT2D eigenvalue weighted by molar-refractivity contribution is -0.257.